The lowest BCUT2D eigenvalue weighted by Crippen LogP contribution is -2.55. The molecule has 6 nitrogen and oxygen atoms in total. The van der Waals surface area contributed by atoms with Crippen LogP contribution in [0.25, 0.3) is 0 Å². The molecule has 3 aliphatic heterocycles. The Morgan fingerprint density at radius 1 is 1.00 bits per heavy atom. The molecule has 3 rings (SSSR count). The van der Waals surface area contributed by atoms with E-state index in [1.54, 1.807) is 0 Å². The lowest BCUT2D eigenvalue weighted by Gasteiger charge is -2.33. The first kappa shape index (κ1) is 9.38. The Balaban J connectivity index is 1.70. The summed E-state index contributed by atoms with van der Waals surface area (Å²) in [7, 11) is 0. The van der Waals surface area contributed by atoms with Crippen molar-refractivity contribution in [3.8, 4) is 0 Å². The molecule has 84 valence electrons. The van der Waals surface area contributed by atoms with Crippen LogP contribution in [0.15, 0.2) is 4.99 Å². The summed E-state index contributed by atoms with van der Waals surface area (Å²) in [5, 5.41) is 6.63. The van der Waals surface area contributed by atoms with Crippen molar-refractivity contribution in [2.75, 3.05) is 39.3 Å². The van der Waals surface area contributed by atoms with Gasteiger partial charge >= 0.3 is 0 Å². The Morgan fingerprint density at radius 2 is 1.87 bits per heavy atom. The summed E-state index contributed by atoms with van der Waals surface area (Å²) in [5.74, 6) is 1.09. The van der Waals surface area contributed by atoms with Gasteiger partial charge in [-0.05, 0) is 12.8 Å². The lowest BCUT2D eigenvalue weighted by atomic mass is 10.5. The fourth-order valence-corrected chi connectivity index (χ4v) is 2.30. The Bertz CT molecular complexity index is 253. The van der Waals surface area contributed by atoms with Gasteiger partial charge in [-0.2, -0.15) is 5.12 Å². The zero-order valence-corrected chi connectivity index (χ0v) is 8.95. The number of nitrogens with zero attached hydrogens (tertiary/aromatic N) is 4. The van der Waals surface area contributed by atoms with Gasteiger partial charge in [0.15, 0.2) is 0 Å². The van der Waals surface area contributed by atoms with Gasteiger partial charge in [0.05, 0.1) is 13.1 Å². The Hall–Kier alpha value is -0.850. The van der Waals surface area contributed by atoms with Crippen molar-refractivity contribution < 1.29 is 0 Å². The summed E-state index contributed by atoms with van der Waals surface area (Å²) in [4.78, 5) is 4.57. The highest BCUT2D eigenvalue weighted by molar-refractivity contribution is 5.80. The maximum Gasteiger partial charge on any atom is 0.227 e. The van der Waals surface area contributed by atoms with Crippen LogP contribution in [-0.4, -0.2) is 60.4 Å². The van der Waals surface area contributed by atoms with Crippen molar-refractivity contribution in [2.45, 2.75) is 12.8 Å². The van der Waals surface area contributed by atoms with Crippen LogP contribution in [0.4, 0.5) is 0 Å². The summed E-state index contributed by atoms with van der Waals surface area (Å²) < 4.78 is 0. The van der Waals surface area contributed by atoms with Gasteiger partial charge in [0.2, 0.25) is 5.96 Å². The van der Waals surface area contributed by atoms with Crippen LogP contribution in [-0.2, 0) is 0 Å². The molecule has 0 spiro atoms. The minimum absolute atomic E-state index is 0.908. The summed E-state index contributed by atoms with van der Waals surface area (Å²) in [6, 6.07) is 0. The van der Waals surface area contributed by atoms with Crippen LogP contribution in [0.5, 0.6) is 0 Å². The SMILES string of the molecule is C1CNN(C2=NCCN2N2CCCN2)C1. The molecule has 15 heavy (non-hydrogen) atoms. The van der Waals surface area contributed by atoms with Crippen molar-refractivity contribution in [1.29, 1.82) is 0 Å². The van der Waals surface area contributed by atoms with Gasteiger partial charge < -0.3 is 0 Å². The molecule has 2 N–H and O–H groups in total. The van der Waals surface area contributed by atoms with E-state index in [-0.39, 0.29) is 0 Å². The first-order chi connectivity index (χ1) is 7.45. The number of hydrogen-bond donors (Lipinski definition) is 2. The van der Waals surface area contributed by atoms with E-state index >= 15 is 0 Å². The van der Waals surface area contributed by atoms with Gasteiger partial charge in [-0.1, -0.05) is 0 Å². The Labute approximate surface area is 89.8 Å². The van der Waals surface area contributed by atoms with E-state index in [1.165, 1.54) is 12.8 Å². The summed E-state index contributed by atoms with van der Waals surface area (Å²) in [6.45, 7) is 6.22. The number of rotatable bonds is 1. The molecule has 3 aliphatic rings. The molecule has 0 saturated carbocycles. The van der Waals surface area contributed by atoms with E-state index in [9.17, 15) is 0 Å². The fraction of sp³-hybridized carbons (Fsp3) is 0.889. The van der Waals surface area contributed by atoms with Crippen LogP contribution < -0.4 is 10.9 Å². The molecule has 0 aromatic heterocycles. The summed E-state index contributed by atoms with van der Waals surface area (Å²) in [6.07, 6.45) is 2.43. The van der Waals surface area contributed by atoms with E-state index in [1.807, 2.05) is 0 Å². The van der Waals surface area contributed by atoms with Crippen molar-refractivity contribution in [2.24, 2.45) is 4.99 Å². The molecule has 2 saturated heterocycles. The predicted octanol–water partition coefficient (Wildman–Crippen LogP) is -1.01. The molecule has 0 radical (unpaired) electrons. The molecule has 2 fully saturated rings. The minimum Gasteiger partial charge on any atom is -0.277 e. The molecular formula is C9H18N6. The monoisotopic (exact) mass is 210 g/mol. The number of hydrazine groups is 3. The minimum atomic E-state index is 0.908. The molecule has 0 aliphatic carbocycles. The van der Waals surface area contributed by atoms with Gasteiger partial charge in [-0.15, -0.1) is 0 Å². The third-order valence-corrected chi connectivity index (χ3v) is 3.03. The van der Waals surface area contributed by atoms with Crippen LogP contribution in [0.1, 0.15) is 12.8 Å². The molecule has 3 heterocycles. The van der Waals surface area contributed by atoms with Gasteiger partial charge in [0.1, 0.15) is 0 Å². The first-order valence-electron chi connectivity index (χ1n) is 5.79. The highest BCUT2D eigenvalue weighted by Crippen LogP contribution is 2.12. The van der Waals surface area contributed by atoms with Gasteiger partial charge in [-0.3, -0.25) is 10.0 Å². The van der Waals surface area contributed by atoms with Crippen LogP contribution in [0.3, 0.4) is 0 Å². The van der Waals surface area contributed by atoms with E-state index in [2.05, 4.69) is 31.0 Å². The van der Waals surface area contributed by atoms with Crippen LogP contribution >= 0.6 is 0 Å². The maximum atomic E-state index is 4.57. The second kappa shape index (κ2) is 3.96. The standard InChI is InChI=1S/C9H18N6/c1-3-11-13(6-1)9-10-5-8-14(9)15-7-2-4-12-15/h11-12H,1-8H2. The van der Waals surface area contributed by atoms with Gasteiger partial charge in [-0.25, -0.2) is 15.8 Å². The van der Waals surface area contributed by atoms with Crippen molar-refractivity contribution in [3.63, 3.8) is 0 Å². The summed E-state index contributed by atoms with van der Waals surface area (Å²) >= 11 is 0. The second-order valence-corrected chi connectivity index (χ2v) is 4.10. The van der Waals surface area contributed by atoms with Crippen molar-refractivity contribution in [1.82, 2.24) is 26.0 Å². The molecule has 0 bridgehead atoms. The number of aliphatic imine (C=N–C) groups is 1. The smallest absolute Gasteiger partial charge is 0.227 e. The average Bonchev–Trinajstić information content (AvgIpc) is 3.01. The third kappa shape index (κ3) is 1.68. The molecule has 0 aromatic rings. The lowest BCUT2D eigenvalue weighted by molar-refractivity contribution is 0.0203. The zero-order valence-electron chi connectivity index (χ0n) is 8.95. The molecule has 0 unspecified atom stereocenters. The maximum absolute atomic E-state index is 4.57. The van der Waals surface area contributed by atoms with Gasteiger partial charge in [0.25, 0.3) is 0 Å². The third-order valence-electron chi connectivity index (χ3n) is 3.03. The highest BCUT2D eigenvalue weighted by Gasteiger charge is 2.30. The van der Waals surface area contributed by atoms with Crippen molar-refractivity contribution in [3.05, 3.63) is 0 Å². The van der Waals surface area contributed by atoms with E-state index < -0.39 is 0 Å². The number of nitrogens with one attached hydrogen (secondary N) is 2. The highest BCUT2D eigenvalue weighted by atomic mass is 15.9. The Kier molecular flexibility index (Phi) is 2.47. The Morgan fingerprint density at radius 3 is 2.60 bits per heavy atom. The quantitative estimate of drug-likeness (QED) is 0.581. The van der Waals surface area contributed by atoms with Crippen LogP contribution in [0, 0.1) is 0 Å². The number of hydrogen-bond acceptors (Lipinski definition) is 6. The normalized spacial score (nSPS) is 27.9. The summed E-state index contributed by atoms with van der Waals surface area (Å²) in [5.41, 5.74) is 6.73. The topological polar surface area (TPSA) is 46.1 Å². The average molecular weight is 210 g/mol. The van der Waals surface area contributed by atoms with E-state index in [4.69, 9.17) is 0 Å². The van der Waals surface area contributed by atoms with Crippen molar-refractivity contribution >= 4 is 5.96 Å². The molecular weight excluding hydrogens is 192 g/mol. The largest absolute Gasteiger partial charge is 0.277 e. The zero-order chi connectivity index (χ0) is 10.1. The predicted molar refractivity (Wildman–Crippen MR) is 57.7 cm³/mol. The number of guanidine groups is 1. The molecule has 0 atom stereocenters. The molecule has 0 aromatic carbocycles. The van der Waals surface area contributed by atoms with Gasteiger partial charge in [0, 0.05) is 26.2 Å². The molecule has 0 amide bonds. The van der Waals surface area contributed by atoms with E-state index in [0.717, 1.165) is 45.2 Å². The fourth-order valence-electron chi connectivity index (χ4n) is 2.30. The van der Waals surface area contributed by atoms with E-state index in [0.29, 0.717) is 0 Å². The van der Waals surface area contributed by atoms with Crippen LogP contribution in [0.2, 0.25) is 0 Å². The first-order valence-corrected chi connectivity index (χ1v) is 5.79. The second-order valence-electron chi connectivity index (χ2n) is 4.10. The molecule has 6 heteroatoms.